The third kappa shape index (κ3) is 2.30. The van der Waals surface area contributed by atoms with E-state index in [-0.39, 0.29) is 23.3 Å². The van der Waals surface area contributed by atoms with Crippen LogP contribution in [0.25, 0.3) is 0 Å². The average molecular weight is 253 g/mol. The highest BCUT2D eigenvalue weighted by molar-refractivity contribution is 5.36. The lowest BCUT2D eigenvalue weighted by Crippen LogP contribution is -2.27. The summed E-state index contributed by atoms with van der Waals surface area (Å²) < 4.78 is 1.73. The molecule has 5 heteroatoms. The van der Waals surface area contributed by atoms with Crippen LogP contribution >= 0.6 is 0 Å². The van der Waals surface area contributed by atoms with Crippen LogP contribution in [0.4, 0.5) is 0 Å². The molecule has 0 aliphatic heterocycles. The van der Waals surface area contributed by atoms with E-state index in [2.05, 4.69) is 18.0 Å². The molecule has 1 saturated carbocycles. The summed E-state index contributed by atoms with van der Waals surface area (Å²) in [4.78, 5) is 3.97. The second kappa shape index (κ2) is 5.55. The fraction of sp³-hybridized carbons (Fsp3) is 0.571. The Hall–Kier alpha value is -2.32. The largest absolute Gasteiger partial charge is 0.317 e. The van der Waals surface area contributed by atoms with Gasteiger partial charge in [-0.1, -0.05) is 13.3 Å². The van der Waals surface area contributed by atoms with E-state index in [0.717, 1.165) is 25.7 Å². The minimum atomic E-state index is -0.101. The van der Waals surface area contributed by atoms with E-state index in [1.807, 2.05) is 12.1 Å². The minimum absolute atomic E-state index is 0.0343. The molecule has 5 nitrogen and oxygen atoms in total. The molecule has 0 amide bonds. The molecule has 0 spiro atoms. The van der Waals surface area contributed by atoms with E-state index in [4.69, 9.17) is 5.26 Å². The highest BCUT2D eigenvalue weighted by Gasteiger charge is 2.32. The van der Waals surface area contributed by atoms with Crippen LogP contribution in [-0.4, -0.2) is 9.55 Å². The van der Waals surface area contributed by atoms with Crippen LogP contribution in [0.3, 0.4) is 0 Å². The minimum Gasteiger partial charge on any atom is -0.317 e. The molecule has 3 unspecified atom stereocenters. The Bertz CT molecular complexity index is 580. The second-order valence-corrected chi connectivity index (χ2v) is 4.96. The van der Waals surface area contributed by atoms with E-state index < -0.39 is 0 Å². The first-order chi connectivity index (χ1) is 9.24. The van der Waals surface area contributed by atoms with Crippen molar-refractivity contribution in [1.82, 2.24) is 9.55 Å². The molecule has 1 aliphatic rings. The number of nitriles is 3. The van der Waals surface area contributed by atoms with Crippen LogP contribution in [0.5, 0.6) is 0 Å². The molecule has 1 aliphatic carbocycles. The molecule has 0 bridgehead atoms. The van der Waals surface area contributed by atoms with Gasteiger partial charge in [0.15, 0.2) is 11.4 Å². The molecule has 1 heterocycles. The Balaban J connectivity index is 2.38. The molecule has 1 aromatic heterocycles. The topological polar surface area (TPSA) is 89.2 Å². The lowest BCUT2D eigenvalue weighted by molar-refractivity contribution is 0.215. The van der Waals surface area contributed by atoms with Gasteiger partial charge in [-0.2, -0.15) is 15.8 Å². The van der Waals surface area contributed by atoms with E-state index in [0.29, 0.717) is 5.92 Å². The fourth-order valence-corrected chi connectivity index (χ4v) is 2.87. The van der Waals surface area contributed by atoms with Crippen molar-refractivity contribution in [3.63, 3.8) is 0 Å². The predicted octanol–water partition coefficient (Wildman–Crippen LogP) is 2.52. The summed E-state index contributed by atoms with van der Waals surface area (Å²) in [5, 5.41) is 27.4. The summed E-state index contributed by atoms with van der Waals surface area (Å²) in [5.41, 5.74) is 0.433. The van der Waals surface area contributed by atoms with E-state index in [1.165, 1.54) is 6.33 Å². The number of rotatable bonds is 2. The SMILES string of the molecule is CCC1CCC(C#N)C(n2cnc(C#N)c2C#N)C1. The van der Waals surface area contributed by atoms with E-state index >= 15 is 0 Å². The van der Waals surface area contributed by atoms with Crippen molar-refractivity contribution in [1.29, 1.82) is 15.8 Å². The summed E-state index contributed by atoms with van der Waals surface area (Å²) in [6.45, 7) is 2.15. The Labute approximate surface area is 112 Å². The number of nitrogens with zero attached hydrogens (tertiary/aromatic N) is 5. The zero-order valence-corrected chi connectivity index (χ0v) is 10.9. The molecular formula is C14H15N5. The number of aromatic nitrogens is 2. The van der Waals surface area contributed by atoms with Crippen LogP contribution in [-0.2, 0) is 0 Å². The maximum atomic E-state index is 9.28. The normalized spacial score (nSPS) is 26.1. The number of hydrogen-bond donors (Lipinski definition) is 0. The zero-order valence-electron chi connectivity index (χ0n) is 10.9. The van der Waals surface area contributed by atoms with Gasteiger partial charge in [-0.3, -0.25) is 0 Å². The molecule has 0 saturated heterocycles. The molecule has 1 fully saturated rings. The van der Waals surface area contributed by atoms with Crippen molar-refractivity contribution in [3.05, 3.63) is 17.7 Å². The number of hydrogen-bond acceptors (Lipinski definition) is 4. The Kier molecular flexibility index (Phi) is 3.83. The Morgan fingerprint density at radius 1 is 1.32 bits per heavy atom. The fourth-order valence-electron chi connectivity index (χ4n) is 2.87. The summed E-state index contributed by atoms with van der Waals surface area (Å²) in [6.07, 6.45) is 5.41. The maximum Gasteiger partial charge on any atom is 0.176 e. The van der Waals surface area contributed by atoms with Gasteiger partial charge in [0.1, 0.15) is 12.1 Å². The molecule has 19 heavy (non-hydrogen) atoms. The zero-order chi connectivity index (χ0) is 13.8. The molecular weight excluding hydrogens is 238 g/mol. The van der Waals surface area contributed by atoms with Crippen molar-refractivity contribution >= 4 is 0 Å². The molecule has 0 radical (unpaired) electrons. The van der Waals surface area contributed by atoms with E-state index in [1.54, 1.807) is 4.57 Å². The van der Waals surface area contributed by atoms with Crippen LogP contribution in [0, 0.1) is 45.8 Å². The molecule has 3 atom stereocenters. The first-order valence-corrected chi connectivity index (χ1v) is 6.51. The van der Waals surface area contributed by atoms with Gasteiger partial charge in [0.25, 0.3) is 0 Å². The van der Waals surface area contributed by atoms with Gasteiger partial charge in [-0.15, -0.1) is 0 Å². The summed E-state index contributed by atoms with van der Waals surface area (Å²) in [5.74, 6) is 0.477. The van der Waals surface area contributed by atoms with E-state index in [9.17, 15) is 10.5 Å². The Morgan fingerprint density at radius 2 is 2.11 bits per heavy atom. The lowest BCUT2D eigenvalue weighted by atomic mass is 9.77. The molecule has 0 aromatic carbocycles. The van der Waals surface area contributed by atoms with Gasteiger partial charge in [0.2, 0.25) is 0 Å². The van der Waals surface area contributed by atoms with Crippen molar-refractivity contribution < 1.29 is 0 Å². The van der Waals surface area contributed by atoms with Gasteiger partial charge in [-0.05, 0) is 25.2 Å². The summed E-state index contributed by atoms with van der Waals surface area (Å²) in [7, 11) is 0. The average Bonchev–Trinajstić information content (AvgIpc) is 2.89. The maximum absolute atomic E-state index is 9.28. The van der Waals surface area contributed by atoms with Crippen LogP contribution in [0.1, 0.15) is 50.0 Å². The van der Waals surface area contributed by atoms with Gasteiger partial charge in [0, 0.05) is 0 Å². The van der Waals surface area contributed by atoms with Gasteiger partial charge in [-0.25, -0.2) is 4.98 Å². The summed E-state index contributed by atoms with van der Waals surface area (Å²) >= 11 is 0. The third-order valence-corrected chi connectivity index (χ3v) is 4.03. The van der Waals surface area contributed by atoms with Crippen molar-refractivity contribution in [2.45, 2.75) is 38.6 Å². The highest BCUT2D eigenvalue weighted by atomic mass is 15.1. The first-order valence-electron chi connectivity index (χ1n) is 6.51. The molecule has 96 valence electrons. The standard InChI is InChI=1S/C14H15N5/c1-2-10-3-4-11(6-15)13(5-10)19-9-18-12(7-16)14(19)8-17/h9-11,13H,2-5H2,1H3. The van der Waals surface area contributed by atoms with Crippen LogP contribution in [0.2, 0.25) is 0 Å². The van der Waals surface area contributed by atoms with Crippen molar-refractivity contribution in [2.24, 2.45) is 11.8 Å². The van der Waals surface area contributed by atoms with Gasteiger partial charge in [0.05, 0.1) is 24.4 Å². The van der Waals surface area contributed by atoms with Gasteiger partial charge >= 0.3 is 0 Å². The highest BCUT2D eigenvalue weighted by Crippen LogP contribution is 2.39. The smallest absolute Gasteiger partial charge is 0.176 e. The summed E-state index contributed by atoms with van der Waals surface area (Å²) in [6, 6.07) is 6.27. The number of imidazole rings is 1. The lowest BCUT2D eigenvalue weighted by Gasteiger charge is -2.33. The monoisotopic (exact) mass is 253 g/mol. The van der Waals surface area contributed by atoms with Crippen molar-refractivity contribution in [2.75, 3.05) is 0 Å². The molecule has 2 rings (SSSR count). The first kappa shape index (κ1) is 13.1. The quantitative estimate of drug-likeness (QED) is 0.809. The predicted molar refractivity (Wildman–Crippen MR) is 67.4 cm³/mol. The van der Waals surface area contributed by atoms with Crippen molar-refractivity contribution in [3.8, 4) is 18.2 Å². The Morgan fingerprint density at radius 3 is 2.68 bits per heavy atom. The van der Waals surface area contributed by atoms with Gasteiger partial charge < -0.3 is 4.57 Å². The second-order valence-electron chi connectivity index (χ2n) is 4.96. The third-order valence-electron chi connectivity index (χ3n) is 4.03. The van der Waals surface area contributed by atoms with Crippen LogP contribution in [0.15, 0.2) is 6.33 Å². The molecule has 0 N–H and O–H groups in total. The molecule has 1 aromatic rings. The van der Waals surface area contributed by atoms with Crippen LogP contribution < -0.4 is 0 Å².